The number of rotatable bonds is 6. The summed E-state index contributed by atoms with van der Waals surface area (Å²) in [5.74, 6) is -0.816. The number of halogens is 4. The van der Waals surface area contributed by atoms with Gasteiger partial charge in [0.2, 0.25) is 12.2 Å². The molecule has 0 spiro atoms. The smallest absolute Gasteiger partial charge is 0.403 e. The summed E-state index contributed by atoms with van der Waals surface area (Å²) in [6, 6.07) is 1.08. The highest BCUT2D eigenvalue weighted by atomic mass is 19.4. The molecular formula is C11H15F4N6+. The predicted molar refractivity (Wildman–Crippen MR) is 65.6 cm³/mol. The summed E-state index contributed by atoms with van der Waals surface area (Å²) in [6.07, 6.45) is -2.11. The minimum Gasteiger partial charge on any atom is -0.403 e. The molecule has 0 aliphatic rings. The highest BCUT2D eigenvalue weighted by molar-refractivity contribution is 5.29. The van der Waals surface area contributed by atoms with Crippen molar-refractivity contribution in [3.63, 3.8) is 0 Å². The van der Waals surface area contributed by atoms with Gasteiger partial charge in [-0.1, -0.05) is 0 Å². The van der Waals surface area contributed by atoms with Crippen LogP contribution >= 0.6 is 0 Å². The number of nitrogens with zero attached hydrogens (tertiary/aromatic N) is 2. The number of allylic oxidation sites excluding steroid dienone is 1. The lowest BCUT2D eigenvalue weighted by Crippen LogP contribution is -2.46. The molecule has 0 aliphatic heterocycles. The third-order valence-corrected chi connectivity index (χ3v) is 2.66. The molecule has 0 aromatic carbocycles. The summed E-state index contributed by atoms with van der Waals surface area (Å²) in [4.78, 5) is 0. The van der Waals surface area contributed by atoms with Gasteiger partial charge < -0.3 is 16.8 Å². The Morgan fingerprint density at radius 1 is 1.57 bits per heavy atom. The quantitative estimate of drug-likeness (QED) is 0.461. The molecule has 1 aromatic heterocycles. The van der Waals surface area contributed by atoms with Crippen LogP contribution in [-0.4, -0.2) is 17.8 Å². The molecule has 0 saturated carbocycles. The van der Waals surface area contributed by atoms with Gasteiger partial charge in [-0.2, -0.15) is 22.8 Å². The Bertz CT molecular complexity index is 522. The standard InChI is InChI=1S/C11H14F4N6/c12-10-7(18)5-21(20-10)9(2-1-3-16)8(4-17)19-6-11(13,14)15/h4-5,9,19H,1-2,6,17-18H2/p+1/b8-4-. The first-order chi connectivity index (χ1) is 9.78. The summed E-state index contributed by atoms with van der Waals surface area (Å²) in [5, 5.41) is 13.0. The van der Waals surface area contributed by atoms with Crippen LogP contribution in [-0.2, 0) is 0 Å². The van der Waals surface area contributed by atoms with Crippen LogP contribution in [0, 0.1) is 17.3 Å². The first kappa shape index (κ1) is 16.6. The monoisotopic (exact) mass is 307 g/mol. The number of alkyl halides is 3. The molecule has 1 heterocycles. The van der Waals surface area contributed by atoms with Crippen molar-refractivity contribution in [1.29, 1.82) is 5.26 Å². The first-order valence-electron chi connectivity index (χ1n) is 5.93. The number of nitrogens with one attached hydrogen (secondary N) is 2. The number of H-pyrrole nitrogens is 1. The second kappa shape index (κ2) is 6.83. The Kier molecular flexibility index (Phi) is 5.40. The number of aromatic amines is 1. The summed E-state index contributed by atoms with van der Waals surface area (Å²) in [5.41, 5.74) is 10.5. The van der Waals surface area contributed by atoms with Crippen LogP contribution in [0.2, 0.25) is 0 Å². The number of hydrogen-bond acceptors (Lipinski definition) is 4. The molecule has 0 fully saturated rings. The third-order valence-electron chi connectivity index (χ3n) is 2.66. The Morgan fingerprint density at radius 2 is 2.24 bits per heavy atom. The fourth-order valence-corrected chi connectivity index (χ4v) is 1.72. The largest absolute Gasteiger partial charge is 0.405 e. The van der Waals surface area contributed by atoms with E-state index in [1.165, 1.54) is 10.9 Å². The van der Waals surface area contributed by atoms with Gasteiger partial charge >= 0.3 is 6.18 Å². The van der Waals surface area contributed by atoms with Crippen LogP contribution in [0.15, 0.2) is 18.1 Å². The van der Waals surface area contributed by atoms with Gasteiger partial charge in [-0.05, 0) is 0 Å². The van der Waals surface area contributed by atoms with E-state index >= 15 is 0 Å². The molecular weight excluding hydrogens is 292 g/mol. The highest BCUT2D eigenvalue weighted by Gasteiger charge is 2.32. The zero-order chi connectivity index (χ0) is 16.0. The number of aromatic nitrogens is 2. The van der Waals surface area contributed by atoms with Gasteiger partial charge in [0.05, 0.1) is 11.8 Å². The van der Waals surface area contributed by atoms with Gasteiger partial charge in [0.15, 0.2) is 5.69 Å². The van der Waals surface area contributed by atoms with E-state index in [1.54, 1.807) is 0 Å². The van der Waals surface area contributed by atoms with Gasteiger partial charge in [0.1, 0.15) is 6.54 Å². The maximum absolute atomic E-state index is 13.2. The average Bonchev–Trinajstić information content (AvgIpc) is 2.72. The van der Waals surface area contributed by atoms with E-state index in [1.807, 2.05) is 6.07 Å². The predicted octanol–water partition coefficient (Wildman–Crippen LogP) is 0.820. The molecule has 1 rings (SSSR count). The van der Waals surface area contributed by atoms with Crippen molar-refractivity contribution in [3.8, 4) is 6.07 Å². The van der Waals surface area contributed by atoms with Crippen LogP contribution in [0.25, 0.3) is 0 Å². The van der Waals surface area contributed by atoms with E-state index in [2.05, 4.69) is 10.4 Å². The number of anilines is 1. The van der Waals surface area contributed by atoms with Crippen LogP contribution < -0.4 is 21.5 Å². The molecule has 1 atom stereocenters. The summed E-state index contributed by atoms with van der Waals surface area (Å²) in [6.45, 7) is -1.29. The molecule has 0 aliphatic carbocycles. The lowest BCUT2D eigenvalue weighted by Gasteiger charge is -2.16. The lowest BCUT2D eigenvalue weighted by atomic mass is 10.1. The van der Waals surface area contributed by atoms with E-state index in [-0.39, 0.29) is 24.2 Å². The molecule has 6 N–H and O–H groups in total. The van der Waals surface area contributed by atoms with E-state index in [4.69, 9.17) is 16.7 Å². The number of nitrogen functional groups attached to an aromatic ring is 1. The minimum atomic E-state index is -4.43. The number of nitrogens with two attached hydrogens (primary N) is 2. The lowest BCUT2D eigenvalue weighted by molar-refractivity contribution is -0.768. The maximum Gasteiger partial charge on any atom is 0.405 e. The van der Waals surface area contributed by atoms with Crippen molar-refractivity contribution < 1.29 is 22.2 Å². The van der Waals surface area contributed by atoms with E-state index < -0.39 is 24.7 Å². The molecule has 6 nitrogen and oxygen atoms in total. The SMILES string of the molecule is N#CCCC(/C(=C/N)NCC(F)(F)F)[n+]1cc(N)c(F)[nH]1. The molecule has 0 amide bonds. The molecule has 0 bridgehead atoms. The Balaban J connectivity index is 2.97. The molecule has 21 heavy (non-hydrogen) atoms. The Hall–Kier alpha value is -2.44. The van der Waals surface area contributed by atoms with Crippen LogP contribution in [0.3, 0.4) is 0 Å². The molecule has 1 unspecified atom stereocenters. The fourth-order valence-electron chi connectivity index (χ4n) is 1.72. The summed E-state index contributed by atoms with van der Waals surface area (Å²) < 4.78 is 51.2. The second-order valence-corrected chi connectivity index (χ2v) is 4.22. The highest BCUT2D eigenvalue weighted by Crippen LogP contribution is 2.18. The number of hydrogen-bond donors (Lipinski definition) is 4. The molecule has 1 aromatic rings. The van der Waals surface area contributed by atoms with Gasteiger partial charge in [0, 0.05) is 19.0 Å². The average molecular weight is 307 g/mol. The van der Waals surface area contributed by atoms with Crippen LogP contribution in [0.1, 0.15) is 18.9 Å². The Morgan fingerprint density at radius 3 is 2.67 bits per heavy atom. The molecule has 10 heteroatoms. The fraction of sp³-hybridized carbons (Fsp3) is 0.455. The normalized spacial score (nSPS) is 13.8. The van der Waals surface area contributed by atoms with Gasteiger partial charge in [-0.3, -0.25) is 0 Å². The van der Waals surface area contributed by atoms with Crippen molar-refractivity contribution in [2.75, 3.05) is 12.3 Å². The van der Waals surface area contributed by atoms with E-state index in [0.29, 0.717) is 0 Å². The summed E-state index contributed by atoms with van der Waals surface area (Å²) in [7, 11) is 0. The van der Waals surface area contributed by atoms with Crippen molar-refractivity contribution in [1.82, 2.24) is 10.4 Å². The van der Waals surface area contributed by atoms with Gasteiger partial charge in [-0.15, -0.1) is 9.78 Å². The third kappa shape index (κ3) is 4.87. The molecule has 116 valence electrons. The Labute approximate surface area is 118 Å². The van der Waals surface area contributed by atoms with Crippen molar-refractivity contribution in [2.24, 2.45) is 5.73 Å². The van der Waals surface area contributed by atoms with Crippen LogP contribution in [0.5, 0.6) is 0 Å². The van der Waals surface area contributed by atoms with Crippen molar-refractivity contribution in [2.45, 2.75) is 25.1 Å². The van der Waals surface area contributed by atoms with Crippen LogP contribution in [0.4, 0.5) is 23.2 Å². The molecule has 0 radical (unpaired) electrons. The summed E-state index contributed by atoms with van der Waals surface area (Å²) >= 11 is 0. The first-order valence-corrected chi connectivity index (χ1v) is 5.93. The molecule has 0 saturated heterocycles. The van der Waals surface area contributed by atoms with E-state index in [9.17, 15) is 17.6 Å². The topological polar surface area (TPSA) is 108 Å². The number of nitriles is 1. The van der Waals surface area contributed by atoms with Crippen molar-refractivity contribution >= 4 is 5.69 Å². The zero-order valence-electron chi connectivity index (χ0n) is 10.9. The zero-order valence-corrected chi connectivity index (χ0v) is 10.9. The van der Waals surface area contributed by atoms with E-state index in [0.717, 1.165) is 6.20 Å². The maximum atomic E-state index is 13.2. The second-order valence-electron chi connectivity index (χ2n) is 4.22. The van der Waals surface area contributed by atoms with Gasteiger partial charge in [-0.25, -0.2) is 0 Å². The minimum absolute atomic E-state index is 0.00817. The van der Waals surface area contributed by atoms with Crippen molar-refractivity contribution in [3.05, 3.63) is 24.0 Å². The van der Waals surface area contributed by atoms with Gasteiger partial charge in [0.25, 0.3) is 5.95 Å².